The van der Waals surface area contributed by atoms with Crippen molar-refractivity contribution in [2.24, 2.45) is 0 Å². The summed E-state index contributed by atoms with van der Waals surface area (Å²) in [5.74, 6) is 0.688. The van der Waals surface area contributed by atoms with Crippen LogP contribution < -0.4 is 19.1 Å². The van der Waals surface area contributed by atoms with Crippen LogP contribution in [0.3, 0.4) is 0 Å². The fourth-order valence-corrected chi connectivity index (χ4v) is 4.04. The second-order valence-corrected chi connectivity index (χ2v) is 8.92. The molecule has 150 valence electrons. The topological polar surface area (TPSA) is 84.9 Å². The molecule has 0 aliphatic carbocycles. The van der Waals surface area contributed by atoms with Crippen LogP contribution in [0.4, 0.5) is 11.4 Å². The number of carbonyl (C=O) groups is 1. The van der Waals surface area contributed by atoms with Crippen LogP contribution in [0, 0.1) is 0 Å². The predicted molar refractivity (Wildman–Crippen MR) is 109 cm³/mol. The van der Waals surface area contributed by atoms with E-state index in [0.717, 1.165) is 9.87 Å². The molecule has 2 aromatic rings. The average molecular weight is 404 g/mol. The van der Waals surface area contributed by atoms with E-state index in [2.05, 4.69) is 5.32 Å². The number of carbonyl (C=O) groups excluding carboxylic acids is 1. The number of fused-ring (bicyclic) bond motifs is 1. The van der Waals surface area contributed by atoms with E-state index >= 15 is 0 Å². The number of hydrogen-bond donors (Lipinski definition) is 1. The van der Waals surface area contributed by atoms with Gasteiger partial charge in [-0.15, -0.1) is 0 Å². The van der Waals surface area contributed by atoms with Crippen molar-refractivity contribution in [3.63, 3.8) is 0 Å². The number of nitrogens with zero attached hydrogens (tertiary/aromatic N) is 1. The smallest absolute Gasteiger partial charge is 0.245 e. The first-order valence-corrected chi connectivity index (χ1v) is 10.7. The zero-order valence-corrected chi connectivity index (χ0v) is 17.0. The average Bonchev–Trinajstić information content (AvgIpc) is 3.14. The lowest BCUT2D eigenvalue weighted by atomic mass is 10.0. The van der Waals surface area contributed by atoms with Gasteiger partial charge < -0.3 is 14.8 Å². The molecule has 3 rings (SSSR count). The van der Waals surface area contributed by atoms with Crippen molar-refractivity contribution >= 4 is 27.3 Å². The summed E-state index contributed by atoms with van der Waals surface area (Å²) in [4.78, 5) is 12.7. The molecule has 0 radical (unpaired) electrons. The molecule has 0 fully saturated rings. The molecule has 1 amide bonds. The molecule has 1 aliphatic heterocycles. The molecular weight excluding hydrogens is 380 g/mol. The number of amides is 1. The molecule has 0 saturated heterocycles. The standard InChI is InChI=1S/C20H24N2O5S/c1-4-28(24,25)22(15-9-10-18-19(11-15)27-13-26-18)12-20(23)21-17-8-6-5-7-16(17)14(2)3/h5-11,14H,4,12-13H2,1-3H3,(H,21,23). The highest BCUT2D eigenvalue weighted by molar-refractivity contribution is 7.92. The van der Waals surface area contributed by atoms with Gasteiger partial charge in [0, 0.05) is 11.8 Å². The lowest BCUT2D eigenvalue weighted by Crippen LogP contribution is -2.39. The largest absolute Gasteiger partial charge is 0.454 e. The molecule has 0 spiro atoms. The molecule has 1 aliphatic rings. The molecule has 1 N–H and O–H groups in total. The molecule has 0 aromatic heterocycles. The third-order valence-corrected chi connectivity index (χ3v) is 6.23. The quantitative estimate of drug-likeness (QED) is 0.765. The Kier molecular flexibility index (Phi) is 5.79. The molecular formula is C20H24N2O5S. The summed E-state index contributed by atoms with van der Waals surface area (Å²) in [6.45, 7) is 5.37. The minimum absolute atomic E-state index is 0.0891. The van der Waals surface area contributed by atoms with Crippen molar-refractivity contribution in [2.45, 2.75) is 26.7 Å². The summed E-state index contributed by atoms with van der Waals surface area (Å²) in [6.07, 6.45) is 0. The van der Waals surface area contributed by atoms with Crippen LogP contribution in [0.1, 0.15) is 32.3 Å². The van der Waals surface area contributed by atoms with Gasteiger partial charge in [0.1, 0.15) is 6.54 Å². The van der Waals surface area contributed by atoms with Crippen LogP contribution in [-0.4, -0.2) is 33.4 Å². The minimum atomic E-state index is -3.67. The Bertz CT molecular complexity index is 972. The predicted octanol–water partition coefficient (Wildman–Crippen LogP) is 3.33. The Labute approximate surface area is 165 Å². The van der Waals surface area contributed by atoms with E-state index in [1.54, 1.807) is 25.1 Å². The zero-order chi connectivity index (χ0) is 20.3. The van der Waals surface area contributed by atoms with Crippen LogP contribution >= 0.6 is 0 Å². The van der Waals surface area contributed by atoms with Gasteiger partial charge in [-0.3, -0.25) is 9.10 Å². The lowest BCUT2D eigenvalue weighted by Gasteiger charge is -2.24. The van der Waals surface area contributed by atoms with Gasteiger partial charge in [-0.05, 0) is 36.6 Å². The molecule has 0 atom stereocenters. The fourth-order valence-electron chi connectivity index (χ4n) is 2.98. The summed E-state index contributed by atoms with van der Waals surface area (Å²) < 4.78 is 37.0. The Morgan fingerprint density at radius 1 is 1.14 bits per heavy atom. The van der Waals surface area contributed by atoms with Gasteiger partial charge in [-0.25, -0.2) is 8.42 Å². The summed E-state index contributed by atoms with van der Waals surface area (Å²) in [5.41, 5.74) is 2.03. The second-order valence-electron chi connectivity index (χ2n) is 6.73. The van der Waals surface area contributed by atoms with Gasteiger partial charge in [-0.2, -0.15) is 0 Å². The number of sulfonamides is 1. The summed E-state index contributed by atoms with van der Waals surface area (Å²) >= 11 is 0. The van der Waals surface area contributed by atoms with Crippen LogP contribution in [0.25, 0.3) is 0 Å². The Hall–Kier alpha value is -2.74. The van der Waals surface area contributed by atoms with E-state index in [9.17, 15) is 13.2 Å². The van der Waals surface area contributed by atoms with E-state index in [4.69, 9.17) is 9.47 Å². The maximum absolute atomic E-state index is 12.7. The Morgan fingerprint density at radius 3 is 2.57 bits per heavy atom. The summed E-state index contributed by atoms with van der Waals surface area (Å²) in [5, 5.41) is 2.84. The van der Waals surface area contributed by atoms with Crippen molar-refractivity contribution < 1.29 is 22.7 Å². The van der Waals surface area contributed by atoms with Crippen molar-refractivity contribution in [3.8, 4) is 11.5 Å². The Morgan fingerprint density at radius 2 is 1.86 bits per heavy atom. The molecule has 0 saturated carbocycles. The van der Waals surface area contributed by atoms with Crippen molar-refractivity contribution in [1.29, 1.82) is 0 Å². The number of anilines is 2. The molecule has 7 nitrogen and oxygen atoms in total. The van der Waals surface area contributed by atoms with Crippen LogP contribution in [0.15, 0.2) is 42.5 Å². The first kappa shape index (κ1) is 20.0. The maximum Gasteiger partial charge on any atom is 0.245 e. The number of para-hydroxylation sites is 1. The number of nitrogens with one attached hydrogen (secondary N) is 1. The lowest BCUT2D eigenvalue weighted by molar-refractivity contribution is -0.114. The van der Waals surface area contributed by atoms with E-state index in [-0.39, 0.29) is 25.0 Å². The molecule has 1 heterocycles. The van der Waals surface area contributed by atoms with Gasteiger partial charge in [0.2, 0.25) is 22.7 Å². The summed E-state index contributed by atoms with van der Waals surface area (Å²) in [6, 6.07) is 12.3. The highest BCUT2D eigenvalue weighted by Crippen LogP contribution is 2.36. The fraction of sp³-hybridized carbons (Fsp3) is 0.350. The third kappa shape index (κ3) is 4.22. The number of ether oxygens (including phenoxy) is 2. The number of rotatable bonds is 7. The van der Waals surface area contributed by atoms with E-state index in [1.165, 1.54) is 0 Å². The number of hydrogen-bond acceptors (Lipinski definition) is 5. The monoisotopic (exact) mass is 404 g/mol. The van der Waals surface area contributed by atoms with Crippen molar-refractivity contribution in [3.05, 3.63) is 48.0 Å². The highest BCUT2D eigenvalue weighted by Gasteiger charge is 2.26. The highest BCUT2D eigenvalue weighted by atomic mass is 32.2. The van der Waals surface area contributed by atoms with Crippen LogP contribution in [0.5, 0.6) is 11.5 Å². The van der Waals surface area contributed by atoms with Crippen LogP contribution in [-0.2, 0) is 14.8 Å². The second kappa shape index (κ2) is 8.10. The van der Waals surface area contributed by atoms with Gasteiger partial charge in [-0.1, -0.05) is 32.0 Å². The normalized spacial score (nSPS) is 12.9. The zero-order valence-electron chi connectivity index (χ0n) is 16.1. The molecule has 28 heavy (non-hydrogen) atoms. The number of benzene rings is 2. The molecule has 0 unspecified atom stereocenters. The minimum Gasteiger partial charge on any atom is -0.454 e. The first-order valence-electron chi connectivity index (χ1n) is 9.10. The third-order valence-electron chi connectivity index (χ3n) is 4.49. The Balaban J connectivity index is 1.86. The van der Waals surface area contributed by atoms with Crippen molar-refractivity contribution in [2.75, 3.05) is 28.7 Å². The molecule has 2 aromatic carbocycles. The SMILES string of the molecule is CCS(=O)(=O)N(CC(=O)Nc1ccccc1C(C)C)c1ccc2c(c1)OCO2. The van der Waals surface area contributed by atoms with Crippen LogP contribution in [0.2, 0.25) is 0 Å². The van der Waals surface area contributed by atoms with Gasteiger partial charge in [0.15, 0.2) is 11.5 Å². The van der Waals surface area contributed by atoms with E-state index < -0.39 is 15.9 Å². The van der Waals surface area contributed by atoms with Crippen molar-refractivity contribution in [1.82, 2.24) is 0 Å². The van der Waals surface area contributed by atoms with Gasteiger partial charge >= 0.3 is 0 Å². The summed E-state index contributed by atoms with van der Waals surface area (Å²) in [7, 11) is -3.67. The molecule has 0 bridgehead atoms. The molecule has 8 heteroatoms. The first-order chi connectivity index (χ1) is 13.3. The van der Waals surface area contributed by atoms with Gasteiger partial charge in [0.25, 0.3) is 0 Å². The maximum atomic E-state index is 12.7. The van der Waals surface area contributed by atoms with Gasteiger partial charge in [0.05, 0.1) is 11.4 Å². The van der Waals surface area contributed by atoms with E-state index in [1.807, 2.05) is 38.1 Å². The van der Waals surface area contributed by atoms with E-state index in [0.29, 0.717) is 22.9 Å².